The molecule has 1 saturated heterocycles. The van der Waals surface area contributed by atoms with Crippen LogP contribution >= 0.6 is 0 Å². The molecular formula is C13H19N7O. The van der Waals surface area contributed by atoms with Crippen molar-refractivity contribution in [3.05, 3.63) is 6.33 Å². The Morgan fingerprint density at radius 2 is 2.24 bits per heavy atom. The van der Waals surface area contributed by atoms with Crippen molar-refractivity contribution in [2.75, 3.05) is 18.0 Å². The van der Waals surface area contributed by atoms with Crippen LogP contribution in [0.4, 0.5) is 5.82 Å². The molecule has 0 spiro atoms. The molecule has 112 valence electrons. The van der Waals surface area contributed by atoms with E-state index in [1.54, 1.807) is 11.7 Å². The van der Waals surface area contributed by atoms with Crippen LogP contribution in [-0.4, -0.2) is 50.0 Å². The van der Waals surface area contributed by atoms with Crippen LogP contribution in [0.5, 0.6) is 0 Å². The predicted molar refractivity (Wildman–Crippen MR) is 77.7 cm³/mol. The molecule has 1 unspecified atom stereocenters. The van der Waals surface area contributed by atoms with Crippen molar-refractivity contribution in [2.24, 2.45) is 13.0 Å². The van der Waals surface area contributed by atoms with Crippen molar-refractivity contribution in [1.29, 1.82) is 0 Å². The van der Waals surface area contributed by atoms with Gasteiger partial charge in [-0.05, 0) is 13.3 Å². The number of nitrogens with one attached hydrogen (secondary N) is 1. The number of anilines is 1. The van der Waals surface area contributed by atoms with E-state index in [9.17, 15) is 4.79 Å². The lowest BCUT2D eigenvalue weighted by Gasteiger charge is -2.39. The number of carbonyl (C=O) groups is 1. The van der Waals surface area contributed by atoms with Gasteiger partial charge in [-0.1, -0.05) is 12.1 Å². The van der Waals surface area contributed by atoms with Crippen LogP contribution in [0.1, 0.15) is 20.3 Å². The summed E-state index contributed by atoms with van der Waals surface area (Å²) in [6, 6.07) is 0.220. The molecule has 8 heteroatoms. The Morgan fingerprint density at radius 3 is 2.95 bits per heavy atom. The molecule has 1 atom stereocenters. The molecule has 0 aliphatic carbocycles. The minimum Gasteiger partial charge on any atom is -0.353 e. The van der Waals surface area contributed by atoms with E-state index in [0.29, 0.717) is 24.3 Å². The van der Waals surface area contributed by atoms with Crippen LogP contribution in [0, 0.1) is 5.92 Å². The Labute approximate surface area is 122 Å². The zero-order valence-corrected chi connectivity index (χ0v) is 12.4. The van der Waals surface area contributed by atoms with Gasteiger partial charge in [0.05, 0.1) is 5.92 Å². The molecule has 1 aliphatic heterocycles. The molecule has 1 N–H and O–H groups in total. The van der Waals surface area contributed by atoms with Gasteiger partial charge in [-0.3, -0.25) is 4.79 Å². The van der Waals surface area contributed by atoms with Gasteiger partial charge in [0.25, 0.3) is 0 Å². The second-order valence-corrected chi connectivity index (χ2v) is 5.50. The molecule has 0 bridgehead atoms. The molecule has 21 heavy (non-hydrogen) atoms. The number of rotatable bonds is 4. The van der Waals surface area contributed by atoms with Gasteiger partial charge in [-0.15, -0.1) is 5.10 Å². The smallest absolute Gasteiger partial charge is 0.226 e. The molecule has 1 fully saturated rings. The lowest BCUT2D eigenvalue weighted by atomic mass is 9.98. The first-order valence-corrected chi connectivity index (χ1v) is 7.15. The first-order valence-electron chi connectivity index (χ1n) is 7.15. The molecule has 2 aromatic heterocycles. The highest BCUT2D eigenvalue weighted by Crippen LogP contribution is 2.27. The Bertz CT molecular complexity index is 662. The van der Waals surface area contributed by atoms with Gasteiger partial charge in [0.15, 0.2) is 17.0 Å². The maximum atomic E-state index is 12.0. The summed E-state index contributed by atoms with van der Waals surface area (Å²) in [6.07, 6.45) is 2.45. The van der Waals surface area contributed by atoms with Crippen molar-refractivity contribution in [2.45, 2.75) is 26.3 Å². The fourth-order valence-electron chi connectivity index (χ4n) is 2.35. The van der Waals surface area contributed by atoms with Gasteiger partial charge in [0, 0.05) is 26.2 Å². The molecule has 1 amide bonds. The minimum absolute atomic E-state index is 0.0145. The Hall–Kier alpha value is -2.25. The number of carbonyl (C=O) groups excluding carboxylic acids is 1. The van der Waals surface area contributed by atoms with E-state index in [0.717, 1.165) is 12.2 Å². The lowest BCUT2D eigenvalue weighted by molar-refractivity contribution is -0.126. The van der Waals surface area contributed by atoms with Crippen LogP contribution in [-0.2, 0) is 11.8 Å². The van der Waals surface area contributed by atoms with Crippen molar-refractivity contribution >= 4 is 22.9 Å². The maximum Gasteiger partial charge on any atom is 0.226 e. The SMILES string of the molecule is CCC(C)NC(=O)C1CN(c2ncnc3c2nnn3C)C1. The predicted octanol–water partition coefficient (Wildman–Crippen LogP) is 0.109. The van der Waals surface area contributed by atoms with Gasteiger partial charge in [-0.2, -0.15) is 0 Å². The van der Waals surface area contributed by atoms with Crippen LogP contribution in [0.15, 0.2) is 6.33 Å². The normalized spacial score (nSPS) is 16.8. The Morgan fingerprint density at radius 1 is 1.48 bits per heavy atom. The summed E-state index contributed by atoms with van der Waals surface area (Å²) in [6.45, 7) is 5.39. The quantitative estimate of drug-likeness (QED) is 0.859. The third kappa shape index (κ3) is 2.41. The standard InChI is InChI=1S/C13H19N7O/c1-4-8(2)16-13(21)9-5-20(6-9)12-10-11(14-7-15-12)19(3)18-17-10/h7-9H,4-6H2,1-3H3,(H,16,21). The van der Waals surface area contributed by atoms with Gasteiger partial charge >= 0.3 is 0 Å². The number of aromatic nitrogens is 5. The topological polar surface area (TPSA) is 88.8 Å². The summed E-state index contributed by atoms with van der Waals surface area (Å²) in [4.78, 5) is 22.5. The second-order valence-electron chi connectivity index (χ2n) is 5.50. The molecule has 0 aromatic carbocycles. The van der Waals surface area contributed by atoms with E-state index >= 15 is 0 Å². The third-order valence-electron chi connectivity index (χ3n) is 3.92. The molecule has 0 saturated carbocycles. The van der Waals surface area contributed by atoms with Crippen molar-refractivity contribution in [3.63, 3.8) is 0 Å². The van der Waals surface area contributed by atoms with Crippen LogP contribution in [0.3, 0.4) is 0 Å². The first-order chi connectivity index (χ1) is 10.1. The Kier molecular flexibility index (Phi) is 3.44. The fraction of sp³-hybridized carbons (Fsp3) is 0.615. The van der Waals surface area contributed by atoms with Gasteiger partial charge in [-0.25, -0.2) is 14.6 Å². The van der Waals surface area contributed by atoms with Gasteiger partial charge in [0.2, 0.25) is 5.91 Å². The van der Waals surface area contributed by atoms with E-state index in [-0.39, 0.29) is 17.9 Å². The Balaban J connectivity index is 1.69. The van der Waals surface area contributed by atoms with Crippen LogP contribution in [0.25, 0.3) is 11.2 Å². The number of nitrogens with zero attached hydrogens (tertiary/aromatic N) is 6. The summed E-state index contributed by atoms with van der Waals surface area (Å²) in [7, 11) is 1.80. The zero-order valence-electron chi connectivity index (χ0n) is 12.4. The molecule has 8 nitrogen and oxygen atoms in total. The highest BCUT2D eigenvalue weighted by molar-refractivity contribution is 5.86. The van der Waals surface area contributed by atoms with E-state index < -0.39 is 0 Å². The molecule has 2 aromatic rings. The summed E-state index contributed by atoms with van der Waals surface area (Å²) in [5, 5.41) is 11.1. The number of amides is 1. The number of hydrogen-bond acceptors (Lipinski definition) is 6. The van der Waals surface area contributed by atoms with Crippen molar-refractivity contribution < 1.29 is 4.79 Å². The molecule has 3 heterocycles. The minimum atomic E-state index is 0.0145. The monoisotopic (exact) mass is 289 g/mol. The van der Waals surface area contributed by atoms with Crippen molar-refractivity contribution in [1.82, 2.24) is 30.3 Å². The van der Waals surface area contributed by atoms with Crippen LogP contribution < -0.4 is 10.2 Å². The van der Waals surface area contributed by atoms with Crippen LogP contribution in [0.2, 0.25) is 0 Å². The van der Waals surface area contributed by atoms with E-state index in [4.69, 9.17) is 0 Å². The molecule has 0 radical (unpaired) electrons. The molecule has 1 aliphatic rings. The molecular weight excluding hydrogens is 270 g/mol. The zero-order chi connectivity index (χ0) is 15.0. The largest absolute Gasteiger partial charge is 0.353 e. The van der Waals surface area contributed by atoms with Gasteiger partial charge < -0.3 is 10.2 Å². The highest BCUT2D eigenvalue weighted by Gasteiger charge is 2.35. The first kappa shape index (κ1) is 13.7. The molecule has 3 rings (SSSR count). The second kappa shape index (κ2) is 5.27. The lowest BCUT2D eigenvalue weighted by Crippen LogP contribution is -2.55. The highest BCUT2D eigenvalue weighted by atomic mass is 16.2. The maximum absolute atomic E-state index is 12.0. The van der Waals surface area contributed by atoms with E-state index in [2.05, 4.69) is 32.5 Å². The summed E-state index contributed by atoms with van der Waals surface area (Å²) >= 11 is 0. The summed E-state index contributed by atoms with van der Waals surface area (Å²) < 4.78 is 1.62. The summed E-state index contributed by atoms with van der Waals surface area (Å²) in [5.74, 6) is 0.881. The van der Waals surface area contributed by atoms with Gasteiger partial charge in [0.1, 0.15) is 6.33 Å². The van der Waals surface area contributed by atoms with Crippen molar-refractivity contribution in [3.8, 4) is 0 Å². The summed E-state index contributed by atoms with van der Waals surface area (Å²) in [5.41, 5.74) is 1.38. The third-order valence-corrected chi connectivity index (χ3v) is 3.92. The van der Waals surface area contributed by atoms with E-state index in [1.165, 1.54) is 6.33 Å². The average Bonchev–Trinajstić information content (AvgIpc) is 2.80. The number of fused-ring (bicyclic) bond motifs is 1. The number of hydrogen-bond donors (Lipinski definition) is 1. The number of aryl methyl sites for hydroxylation is 1. The fourth-order valence-corrected chi connectivity index (χ4v) is 2.35. The van der Waals surface area contributed by atoms with E-state index in [1.807, 2.05) is 11.8 Å². The average molecular weight is 289 g/mol.